The standard InChI is InChI=1S/C12H20S3/c1-11(2,3)14-9-7-8-10(13-9)15-12(4,5)6/h7-8H,1-6H3. The monoisotopic (exact) mass is 260 g/mol. The Morgan fingerprint density at radius 2 is 1.13 bits per heavy atom. The van der Waals surface area contributed by atoms with E-state index in [2.05, 4.69) is 53.7 Å². The lowest BCUT2D eigenvalue weighted by molar-refractivity contribution is 0.804. The van der Waals surface area contributed by atoms with E-state index < -0.39 is 0 Å². The Hall–Kier alpha value is 0.400. The van der Waals surface area contributed by atoms with E-state index in [-0.39, 0.29) is 0 Å². The van der Waals surface area contributed by atoms with Crippen molar-refractivity contribution in [2.45, 2.75) is 59.5 Å². The number of thioether (sulfide) groups is 2. The van der Waals surface area contributed by atoms with Crippen LogP contribution in [0.15, 0.2) is 20.6 Å². The summed E-state index contributed by atoms with van der Waals surface area (Å²) in [6.07, 6.45) is 0. The minimum atomic E-state index is 0.314. The molecule has 0 aliphatic heterocycles. The highest BCUT2D eigenvalue weighted by Gasteiger charge is 2.16. The third-order valence-corrected chi connectivity index (χ3v) is 4.94. The van der Waals surface area contributed by atoms with Crippen LogP contribution >= 0.6 is 34.9 Å². The van der Waals surface area contributed by atoms with Gasteiger partial charge in [0, 0.05) is 9.49 Å². The first-order valence-corrected chi connectivity index (χ1v) is 7.58. The molecule has 1 rings (SSSR count). The molecule has 0 aliphatic rings. The van der Waals surface area contributed by atoms with Gasteiger partial charge in [0.2, 0.25) is 0 Å². The van der Waals surface area contributed by atoms with Crippen molar-refractivity contribution in [3.63, 3.8) is 0 Å². The van der Waals surface area contributed by atoms with Gasteiger partial charge in [0.25, 0.3) is 0 Å². The molecule has 1 heterocycles. The first kappa shape index (κ1) is 13.5. The van der Waals surface area contributed by atoms with E-state index >= 15 is 0 Å². The van der Waals surface area contributed by atoms with Gasteiger partial charge in [0.15, 0.2) is 0 Å². The molecule has 0 N–H and O–H groups in total. The minimum Gasteiger partial charge on any atom is -0.122 e. The fraction of sp³-hybridized carbons (Fsp3) is 0.667. The van der Waals surface area contributed by atoms with Gasteiger partial charge in [-0.15, -0.1) is 34.9 Å². The van der Waals surface area contributed by atoms with Gasteiger partial charge in [0.05, 0.1) is 8.42 Å². The van der Waals surface area contributed by atoms with Crippen LogP contribution in [-0.2, 0) is 0 Å². The van der Waals surface area contributed by atoms with E-state index in [0.29, 0.717) is 9.49 Å². The van der Waals surface area contributed by atoms with Crippen LogP contribution < -0.4 is 0 Å². The van der Waals surface area contributed by atoms with Gasteiger partial charge in [-0.2, -0.15) is 0 Å². The Labute approximate surface area is 106 Å². The van der Waals surface area contributed by atoms with E-state index in [0.717, 1.165) is 0 Å². The second-order valence-corrected chi connectivity index (χ2v) is 10.8. The molecule has 0 radical (unpaired) electrons. The maximum absolute atomic E-state index is 2.26. The van der Waals surface area contributed by atoms with Gasteiger partial charge >= 0.3 is 0 Å². The molecule has 0 saturated carbocycles. The summed E-state index contributed by atoms with van der Waals surface area (Å²) >= 11 is 5.82. The van der Waals surface area contributed by atoms with E-state index in [9.17, 15) is 0 Å². The lowest BCUT2D eigenvalue weighted by atomic mass is 10.3. The summed E-state index contributed by atoms with van der Waals surface area (Å²) in [6.45, 7) is 13.5. The van der Waals surface area contributed by atoms with Gasteiger partial charge in [-0.25, -0.2) is 0 Å². The second kappa shape index (κ2) is 4.72. The molecule has 0 spiro atoms. The number of rotatable bonds is 2. The van der Waals surface area contributed by atoms with Crippen molar-refractivity contribution in [1.29, 1.82) is 0 Å². The first-order valence-electron chi connectivity index (χ1n) is 5.14. The van der Waals surface area contributed by atoms with Gasteiger partial charge in [-0.1, -0.05) is 41.5 Å². The Morgan fingerprint density at radius 3 is 1.40 bits per heavy atom. The molecule has 0 bridgehead atoms. The van der Waals surface area contributed by atoms with Gasteiger partial charge in [0.1, 0.15) is 0 Å². The summed E-state index contributed by atoms with van der Waals surface area (Å²) in [5.41, 5.74) is 0. The Balaban J connectivity index is 2.65. The molecule has 0 atom stereocenters. The lowest BCUT2D eigenvalue weighted by Crippen LogP contribution is -2.05. The Morgan fingerprint density at radius 1 is 0.800 bits per heavy atom. The van der Waals surface area contributed by atoms with E-state index in [4.69, 9.17) is 0 Å². The Bertz CT molecular complexity index is 282. The summed E-state index contributed by atoms with van der Waals surface area (Å²) in [5, 5.41) is 0. The van der Waals surface area contributed by atoms with Crippen molar-refractivity contribution < 1.29 is 0 Å². The van der Waals surface area contributed by atoms with Crippen LogP contribution in [-0.4, -0.2) is 9.49 Å². The highest BCUT2D eigenvalue weighted by Crippen LogP contribution is 2.42. The maximum Gasteiger partial charge on any atom is 0.0615 e. The molecule has 0 aromatic carbocycles. The van der Waals surface area contributed by atoms with Crippen LogP contribution in [0, 0.1) is 0 Å². The van der Waals surface area contributed by atoms with E-state index in [1.807, 2.05) is 34.9 Å². The second-order valence-electron chi connectivity index (χ2n) is 5.50. The molecule has 15 heavy (non-hydrogen) atoms. The number of hydrogen-bond acceptors (Lipinski definition) is 3. The summed E-state index contributed by atoms with van der Waals surface area (Å²) in [7, 11) is 0. The van der Waals surface area contributed by atoms with Crippen LogP contribution in [0.1, 0.15) is 41.5 Å². The average Bonchev–Trinajstić information content (AvgIpc) is 2.28. The molecule has 86 valence electrons. The normalized spacial score (nSPS) is 13.2. The van der Waals surface area contributed by atoms with E-state index in [1.165, 1.54) is 8.42 Å². The van der Waals surface area contributed by atoms with Crippen molar-refractivity contribution in [2.75, 3.05) is 0 Å². The molecule has 3 heteroatoms. The third kappa shape index (κ3) is 5.88. The van der Waals surface area contributed by atoms with Crippen LogP contribution in [0.2, 0.25) is 0 Å². The highest BCUT2D eigenvalue weighted by atomic mass is 32.2. The molecule has 1 aromatic rings. The van der Waals surface area contributed by atoms with E-state index in [1.54, 1.807) is 0 Å². The fourth-order valence-corrected chi connectivity index (χ4v) is 5.50. The zero-order chi connectivity index (χ0) is 11.7. The zero-order valence-corrected chi connectivity index (χ0v) is 12.8. The predicted octanol–water partition coefficient (Wildman–Crippen LogP) is 5.53. The van der Waals surface area contributed by atoms with Gasteiger partial charge in [-0.3, -0.25) is 0 Å². The summed E-state index contributed by atoms with van der Waals surface area (Å²) in [4.78, 5) is 0. The quantitative estimate of drug-likeness (QED) is 0.641. The summed E-state index contributed by atoms with van der Waals surface area (Å²) < 4.78 is 3.48. The molecule has 0 aliphatic carbocycles. The molecule has 1 aromatic heterocycles. The minimum absolute atomic E-state index is 0.314. The van der Waals surface area contributed by atoms with Gasteiger partial charge in [-0.05, 0) is 12.1 Å². The summed E-state index contributed by atoms with van der Waals surface area (Å²) in [5.74, 6) is 0. The SMILES string of the molecule is CC(C)(C)Sc1ccc(SC(C)(C)C)s1. The van der Waals surface area contributed by atoms with Crippen LogP contribution in [0.4, 0.5) is 0 Å². The highest BCUT2D eigenvalue weighted by molar-refractivity contribution is 8.04. The fourth-order valence-electron chi connectivity index (χ4n) is 1.02. The lowest BCUT2D eigenvalue weighted by Gasteiger charge is -2.16. The maximum atomic E-state index is 2.26. The Kier molecular flexibility index (Phi) is 4.24. The smallest absolute Gasteiger partial charge is 0.0615 e. The van der Waals surface area contributed by atoms with Crippen molar-refractivity contribution in [2.24, 2.45) is 0 Å². The van der Waals surface area contributed by atoms with Gasteiger partial charge < -0.3 is 0 Å². The molecule has 0 fully saturated rings. The van der Waals surface area contributed by atoms with Crippen molar-refractivity contribution in [3.8, 4) is 0 Å². The topological polar surface area (TPSA) is 0 Å². The van der Waals surface area contributed by atoms with Crippen LogP contribution in [0.5, 0.6) is 0 Å². The molecule has 0 amide bonds. The molecule has 0 unspecified atom stereocenters. The molecular weight excluding hydrogens is 240 g/mol. The molecular formula is C12H20S3. The average molecular weight is 260 g/mol. The largest absolute Gasteiger partial charge is 0.122 e. The third-order valence-electron chi connectivity index (χ3n) is 1.37. The molecule has 0 saturated heterocycles. The number of hydrogen-bond donors (Lipinski definition) is 0. The molecule has 0 nitrogen and oxygen atoms in total. The van der Waals surface area contributed by atoms with Crippen molar-refractivity contribution in [3.05, 3.63) is 12.1 Å². The number of thiophene rings is 1. The van der Waals surface area contributed by atoms with Crippen molar-refractivity contribution >= 4 is 34.9 Å². The predicted molar refractivity (Wildman–Crippen MR) is 75.5 cm³/mol. The first-order chi connectivity index (χ1) is 6.66. The van der Waals surface area contributed by atoms with Crippen LogP contribution in [0.3, 0.4) is 0 Å². The summed E-state index contributed by atoms with van der Waals surface area (Å²) in [6, 6.07) is 4.49. The van der Waals surface area contributed by atoms with Crippen LogP contribution in [0.25, 0.3) is 0 Å². The zero-order valence-electron chi connectivity index (χ0n) is 10.4. The van der Waals surface area contributed by atoms with Crippen molar-refractivity contribution in [1.82, 2.24) is 0 Å².